The van der Waals surface area contributed by atoms with Gasteiger partial charge in [-0.25, -0.2) is 0 Å². The van der Waals surface area contributed by atoms with Crippen LogP contribution in [0.1, 0.15) is 13.3 Å². The predicted octanol–water partition coefficient (Wildman–Crippen LogP) is 0.0911. The number of carbonyl (C=O) groups is 1. The van der Waals surface area contributed by atoms with Crippen molar-refractivity contribution >= 4 is 5.91 Å². The molecule has 5 heteroatoms. The summed E-state index contributed by atoms with van der Waals surface area (Å²) in [7, 11) is 5.00. The van der Waals surface area contributed by atoms with Crippen LogP contribution in [0.3, 0.4) is 0 Å². The quantitative estimate of drug-likeness (QED) is 0.644. The minimum atomic E-state index is -0.128. The van der Waals surface area contributed by atoms with Crippen molar-refractivity contribution < 1.29 is 14.3 Å². The molecule has 1 amide bonds. The number of amides is 1. The number of nitrogens with two attached hydrogens (primary N) is 1. The number of hydrogen-bond acceptors (Lipinski definition) is 4. The standard InChI is InChI=1S/C11H24N2O3/c1-9(7-15-3)5-11(14)13(2)6-10(12)8-16-4/h9-10H,5-8,12H2,1-4H3. The summed E-state index contributed by atoms with van der Waals surface area (Å²) < 4.78 is 9.91. The van der Waals surface area contributed by atoms with E-state index < -0.39 is 0 Å². The summed E-state index contributed by atoms with van der Waals surface area (Å²) >= 11 is 0. The monoisotopic (exact) mass is 232 g/mol. The number of likely N-dealkylation sites (N-methyl/N-ethyl adjacent to an activating group) is 1. The Kier molecular flexibility index (Phi) is 8.15. The maximum absolute atomic E-state index is 11.7. The van der Waals surface area contributed by atoms with Crippen LogP contribution >= 0.6 is 0 Å². The van der Waals surface area contributed by atoms with E-state index >= 15 is 0 Å². The van der Waals surface area contributed by atoms with E-state index in [4.69, 9.17) is 15.2 Å². The van der Waals surface area contributed by atoms with Gasteiger partial charge < -0.3 is 20.1 Å². The first-order valence-electron chi connectivity index (χ1n) is 5.48. The van der Waals surface area contributed by atoms with Crippen LogP contribution in [0.5, 0.6) is 0 Å². The molecular weight excluding hydrogens is 208 g/mol. The van der Waals surface area contributed by atoms with Crippen molar-refractivity contribution in [3.8, 4) is 0 Å². The normalized spacial score (nSPS) is 14.6. The number of nitrogens with zero attached hydrogens (tertiary/aromatic N) is 1. The third-order valence-corrected chi connectivity index (χ3v) is 2.29. The third kappa shape index (κ3) is 6.76. The van der Waals surface area contributed by atoms with Gasteiger partial charge >= 0.3 is 0 Å². The van der Waals surface area contributed by atoms with Crippen LogP contribution in [0.25, 0.3) is 0 Å². The molecule has 0 heterocycles. The first-order valence-corrected chi connectivity index (χ1v) is 5.48. The van der Waals surface area contributed by atoms with E-state index in [-0.39, 0.29) is 17.9 Å². The van der Waals surface area contributed by atoms with Gasteiger partial charge in [0.1, 0.15) is 0 Å². The Morgan fingerprint density at radius 1 is 1.31 bits per heavy atom. The Morgan fingerprint density at radius 2 is 1.88 bits per heavy atom. The smallest absolute Gasteiger partial charge is 0.222 e. The average molecular weight is 232 g/mol. The lowest BCUT2D eigenvalue weighted by molar-refractivity contribution is -0.131. The molecule has 2 N–H and O–H groups in total. The average Bonchev–Trinajstić information content (AvgIpc) is 2.17. The molecule has 0 spiro atoms. The Labute approximate surface area is 97.9 Å². The fourth-order valence-corrected chi connectivity index (χ4v) is 1.52. The van der Waals surface area contributed by atoms with E-state index in [2.05, 4.69) is 0 Å². The van der Waals surface area contributed by atoms with Crippen molar-refractivity contribution in [1.82, 2.24) is 4.90 Å². The van der Waals surface area contributed by atoms with E-state index in [0.717, 1.165) is 0 Å². The highest BCUT2D eigenvalue weighted by molar-refractivity contribution is 5.76. The van der Waals surface area contributed by atoms with Gasteiger partial charge in [0.25, 0.3) is 0 Å². The maximum Gasteiger partial charge on any atom is 0.222 e. The lowest BCUT2D eigenvalue weighted by atomic mass is 10.1. The van der Waals surface area contributed by atoms with Crippen molar-refractivity contribution in [1.29, 1.82) is 0 Å². The molecular formula is C11H24N2O3. The summed E-state index contributed by atoms with van der Waals surface area (Å²) in [5.41, 5.74) is 5.77. The zero-order valence-electron chi connectivity index (χ0n) is 10.7. The van der Waals surface area contributed by atoms with Gasteiger partial charge in [0.15, 0.2) is 0 Å². The Morgan fingerprint density at radius 3 is 2.38 bits per heavy atom. The molecule has 16 heavy (non-hydrogen) atoms. The SMILES string of the molecule is COCC(C)CC(=O)N(C)CC(N)COC. The number of ether oxygens (including phenoxy) is 2. The van der Waals surface area contributed by atoms with Gasteiger partial charge in [-0.15, -0.1) is 0 Å². The fraction of sp³-hybridized carbons (Fsp3) is 0.909. The van der Waals surface area contributed by atoms with Crippen molar-refractivity contribution in [3.63, 3.8) is 0 Å². The molecule has 0 fully saturated rings. The van der Waals surface area contributed by atoms with Crippen LogP contribution in [0, 0.1) is 5.92 Å². The summed E-state index contributed by atoms with van der Waals surface area (Å²) in [6.45, 7) is 3.58. The van der Waals surface area contributed by atoms with Crippen LogP contribution in [0.4, 0.5) is 0 Å². The molecule has 5 nitrogen and oxygen atoms in total. The van der Waals surface area contributed by atoms with E-state index in [1.54, 1.807) is 26.2 Å². The molecule has 0 aliphatic rings. The molecule has 2 atom stereocenters. The number of methoxy groups -OCH3 is 2. The summed E-state index contributed by atoms with van der Waals surface area (Å²) in [5.74, 6) is 0.328. The Hall–Kier alpha value is -0.650. The van der Waals surface area contributed by atoms with Crippen LogP contribution in [-0.4, -0.2) is 57.9 Å². The molecule has 0 aliphatic heterocycles. The van der Waals surface area contributed by atoms with Gasteiger partial charge in [-0.1, -0.05) is 6.92 Å². The number of carbonyl (C=O) groups excluding carboxylic acids is 1. The molecule has 0 bridgehead atoms. The summed E-state index contributed by atoms with van der Waals surface area (Å²) in [6.07, 6.45) is 0.490. The van der Waals surface area contributed by atoms with Crippen molar-refractivity contribution in [3.05, 3.63) is 0 Å². The van der Waals surface area contributed by atoms with Crippen molar-refractivity contribution in [2.45, 2.75) is 19.4 Å². The molecule has 0 saturated carbocycles. The van der Waals surface area contributed by atoms with Crippen molar-refractivity contribution in [2.24, 2.45) is 11.7 Å². The highest BCUT2D eigenvalue weighted by atomic mass is 16.5. The fourth-order valence-electron chi connectivity index (χ4n) is 1.52. The summed E-state index contributed by atoms with van der Waals surface area (Å²) in [5, 5.41) is 0. The zero-order chi connectivity index (χ0) is 12.6. The zero-order valence-corrected chi connectivity index (χ0v) is 10.7. The van der Waals surface area contributed by atoms with Crippen LogP contribution < -0.4 is 5.73 Å². The molecule has 0 aromatic rings. The molecule has 0 radical (unpaired) electrons. The molecule has 2 unspecified atom stereocenters. The molecule has 0 aromatic heterocycles. The highest BCUT2D eigenvalue weighted by Gasteiger charge is 2.15. The largest absolute Gasteiger partial charge is 0.384 e. The second-order valence-corrected chi connectivity index (χ2v) is 4.25. The summed E-state index contributed by atoms with van der Waals surface area (Å²) in [4.78, 5) is 13.4. The topological polar surface area (TPSA) is 64.8 Å². The summed E-state index contributed by atoms with van der Waals surface area (Å²) in [6, 6.07) is -0.128. The van der Waals surface area contributed by atoms with Gasteiger partial charge in [-0.3, -0.25) is 4.79 Å². The van der Waals surface area contributed by atoms with Gasteiger partial charge in [0, 0.05) is 46.9 Å². The van der Waals surface area contributed by atoms with Crippen LogP contribution in [0.2, 0.25) is 0 Å². The van der Waals surface area contributed by atoms with E-state index in [0.29, 0.717) is 26.2 Å². The molecule has 0 aromatic carbocycles. The molecule has 0 saturated heterocycles. The molecule has 0 aliphatic carbocycles. The second-order valence-electron chi connectivity index (χ2n) is 4.25. The lowest BCUT2D eigenvalue weighted by Crippen LogP contribution is -2.41. The van der Waals surface area contributed by atoms with E-state index in [1.807, 2.05) is 6.92 Å². The Balaban J connectivity index is 3.89. The van der Waals surface area contributed by atoms with Crippen molar-refractivity contribution in [2.75, 3.05) is 41.0 Å². The first-order chi connectivity index (χ1) is 7.51. The number of rotatable bonds is 8. The highest BCUT2D eigenvalue weighted by Crippen LogP contribution is 2.05. The minimum Gasteiger partial charge on any atom is -0.384 e. The van der Waals surface area contributed by atoms with Gasteiger partial charge in [-0.05, 0) is 5.92 Å². The van der Waals surface area contributed by atoms with Crippen LogP contribution in [-0.2, 0) is 14.3 Å². The van der Waals surface area contributed by atoms with Gasteiger partial charge in [0.05, 0.1) is 6.61 Å². The van der Waals surface area contributed by atoms with Crippen LogP contribution in [0.15, 0.2) is 0 Å². The van der Waals surface area contributed by atoms with Gasteiger partial charge in [0.2, 0.25) is 5.91 Å². The van der Waals surface area contributed by atoms with Gasteiger partial charge in [-0.2, -0.15) is 0 Å². The molecule has 96 valence electrons. The first kappa shape index (κ1) is 15.3. The lowest BCUT2D eigenvalue weighted by Gasteiger charge is -2.22. The number of hydrogen-bond donors (Lipinski definition) is 1. The van der Waals surface area contributed by atoms with E-state index in [9.17, 15) is 4.79 Å². The predicted molar refractivity (Wildman–Crippen MR) is 63.1 cm³/mol. The molecule has 0 rings (SSSR count). The second kappa shape index (κ2) is 8.50. The van der Waals surface area contributed by atoms with E-state index in [1.165, 1.54) is 0 Å². The third-order valence-electron chi connectivity index (χ3n) is 2.29. The Bertz CT molecular complexity index is 200. The minimum absolute atomic E-state index is 0.0936. The maximum atomic E-state index is 11.7.